The highest BCUT2D eigenvalue weighted by atomic mass is 16.5. The molecular weight excluding hydrogens is 472 g/mol. The van der Waals surface area contributed by atoms with Gasteiger partial charge in [0.15, 0.2) is 11.0 Å². The molecule has 4 aromatic rings. The first-order valence-corrected chi connectivity index (χ1v) is 12.3. The molecule has 0 bridgehead atoms. The van der Waals surface area contributed by atoms with Gasteiger partial charge in [0.2, 0.25) is 5.89 Å². The predicted octanol–water partition coefficient (Wildman–Crippen LogP) is 5.58. The molecule has 5 rings (SSSR count). The first-order chi connectivity index (χ1) is 17.7. The fraction of sp³-hybridized carbons (Fsp3) is 0.345. The normalized spacial score (nSPS) is 14.9. The van der Waals surface area contributed by atoms with Crippen molar-refractivity contribution in [3.8, 4) is 28.5 Å². The van der Waals surface area contributed by atoms with Crippen LogP contribution in [-0.4, -0.2) is 41.0 Å². The number of hydrogen-bond acceptors (Lipinski definition) is 6. The number of carboxylic acids is 1. The molecule has 1 aliphatic rings. The third kappa shape index (κ3) is 4.64. The summed E-state index contributed by atoms with van der Waals surface area (Å²) < 4.78 is 19.4. The fourth-order valence-corrected chi connectivity index (χ4v) is 4.90. The Labute approximate surface area is 214 Å². The Morgan fingerprint density at radius 3 is 2.65 bits per heavy atom. The van der Waals surface area contributed by atoms with Gasteiger partial charge in [-0.2, -0.15) is 0 Å². The molecule has 1 N–H and O–H groups in total. The molecule has 0 saturated heterocycles. The molecule has 8 nitrogen and oxygen atoms in total. The summed E-state index contributed by atoms with van der Waals surface area (Å²) in [6.45, 7) is 7.37. The van der Waals surface area contributed by atoms with Crippen LogP contribution in [0, 0.1) is 5.41 Å². The smallest absolute Gasteiger partial charge is 0.341 e. The molecule has 192 valence electrons. The van der Waals surface area contributed by atoms with Gasteiger partial charge in [-0.05, 0) is 41.7 Å². The number of aromatic carboxylic acids is 1. The number of ether oxygens (including phenoxy) is 2. The molecule has 2 aromatic heterocycles. The second kappa shape index (κ2) is 9.52. The lowest BCUT2D eigenvalue weighted by molar-refractivity contribution is 0.0693. The van der Waals surface area contributed by atoms with E-state index >= 15 is 0 Å². The molecule has 2 aromatic carbocycles. The number of hydrogen-bond donors (Lipinski definition) is 1. The molecule has 8 heteroatoms. The van der Waals surface area contributed by atoms with Crippen molar-refractivity contribution in [2.24, 2.45) is 5.41 Å². The third-order valence-corrected chi connectivity index (χ3v) is 6.81. The molecule has 0 unspecified atom stereocenters. The lowest BCUT2D eigenvalue weighted by Crippen LogP contribution is -2.32. The summed E-state index contributed by atoms with van der Waals surface area (Å²) in [6, 6.07) is 12.8. The van der Waals surface area contributed by atoms with Crippen LogP contribution in [0.15, 0.2) is 57.9 Å². The summed E-state index contributed by atoms with van der Waals surface area (Å²) in [7, 11) is 1.66. The summed E-state index contributed by atoms with van der Waals surface area (Å²) in [4.78, 5) is 29.2. The molecule has 0 fully saturated rings. The molecule has 3 heterocycles. The van der Waals surface area contributed by atoms with Crippen LogP contribution in [0.1, 0.15) is 49.2 Å². The third-order valence-electron chi connectivity index (χ3n) is 6.81. The number of para-hydroxylation sites is 2. The van der Waals surface area contributed by atoms with Crippen molar-refractivity contribution in [1.82, 2.24) is 9.55 Å². The largest absolute Gasteiger partial charge is 0.493 e. The minimum Gasteiger partial charge on any atom is -0.493 e. The zero-order valence-corrected chi connectivity index (χ0v) is 21.4. The average Bonchev–Trinajstić information content (AvgIpc) is 3.28. The molecular formula is C29H30N2O6. The summed E-state index contributed by atoms with van der Waals surface area (Å²) in [5, 5.41) is 9.61. The van der Waals surface area contributed by atoms with Gasteiger partial charge >= 0.3 is 5.97 Å². The molecule has 37 heavy (non-hydrogen) atoms. The Balaban J connectivity index is 1.71. The summed E-state index contributed by atoms with van der Waals surface area (Å²) in [6.07, 6.45) is 2.85. The maximum absolute atomic E-state index is 12.8. The van der Waals surface area contributed by atoms with Crippen molar-refractivity contribution in [3.05, 3.63) is 70.0 Å². The number of methoxy groups -OCH3 is 1. The van der Waals surface area contributed by atoms with Crippen molar-refractivity contribution < 1.29 is 23.8 Å². The number of rotatable bonds is 7. The maximum atomic E-state index is 12.8. The van der Waals surface area contributed by atoms with Crippen LogP contribution in [-0.2, 0) is 11.2 Å². The van der Waals surface area contributed by atoms with Crippen molar-refractivity contribution in [3.63, 3.8) is 0 Å². The minimum atomic E-state index is -1.23. The molecule has 1 aliphatic heterocycles. The molecule has 1 atom stereocenters. The Hall–Kier alpha value is -3.91. The van der Waals surface area contributed by atoms with Gasteiger partial charge in [0, 0.05) is 44.0 Å². The van der Waals surface area contributed by atoms with Crippen LogP contribution in [0.3, 0.4) is 0 Å². The van der Waals surface area contributed by atoms with Crippen molar-refractivity contribution in [2.45, 2.75) is 39.7 Å². The van der Waals surface area contributed by atoms with E-state index in [1.165, 1.54) is 12.3 Å². The van der Waals surface area contributed by atoms with Crippen molar-refractivity contribution in [1.29, 1.82) is 0 Å². The molecule has 0 spiro atoms. The minimum absolute atomic E-state index is 0.0646. The summed E-state index contributed by atoms with van der Waals surface area (Å²) >= 11 is 0. The number of oxazole rings is 1. The van der Waals surface area contributed by atoms with E-state index in [0.717, 1.165) is 23.1 Å². The number of aromatic nitrogens is 2. The molecule has 0 radical (unpaired) electrons. The van der Waals surface area contributed by atoms with Gasteiger partial charge in [-0.15, -0.1) is 0 Å². The van der Waals surface area contributed by atoms with Crippen LogP contribution in [0.5, 0.6) is 5.75 Å². The number of pyridine rings is 1. The zero-order chi connectivity index (χ0) is 26.3. The second-order valence-corrected chi connectivity index (χ2v) is 10.4. The second-order valence-electron chi connectivity index (χ2n) is 10.4. The highest BCUT2D eigenvalue weighted by molar-refractivity contribution is 5.88. The standard InChI is InChI=1S/C29H30N2O6/c1-29(2,3)26-13-17-12-25(36-11-7-10-35-4)19(27-30-21-8-5-6-9-24(21)37-27)14-18(17)22-15-23(32)20(28(33)34)16-31(22)26/h5-6,8-9,12,14-16,26H,7,10-11,13H2,1-4H3,(H,33,34)/t26-/m0/s1. The topological polar surface area (TPSA) is 104 Å². The van der Waals surface area contributed by atoms with Crippen molar-refractivity contribution >= 4 is 17.1 Å². The number of carboxylic acid groups (broad SMARTS) is 1. The zero-order valence-electron chi connectivity index (χ0n) is 21.4. The summed E-state index contributed by atoms with van der Waals surface area (Å²) in [5.41, 5.74) is 3.62. The van der Waals surface area contributed by atoms with E-state index in [0.29, 0.717) is 48.1 Å². The van der Waals surface area contributed by atoms with Gasteiger partial charge < -0.3 is 23.6 Å². The van der Waals surface area contributed by atoms with E-state index in [1.807, 2.05) is 41.0 Å². The van der Waals surface area contributed by atoms with Gasteiger partial charge in [-0.1, -0.05) is 32.9 Å². The first-order valence-electron chi connectivity index (χ1n) is 12.3. The van der Waals surface area contributed by atoms with Crippen LogP contribution >= 0.6 is 0 Å². The van der Waals surface area contributed by atoms with Crippen LogP contribution in [0.2, 0.25) is 0 Å². The molecule has 0 saturated carbocycles. The van der Waals surface area contributed by atoms with E-state index in [2.05, 4.69) is 25.8 Å². The Bertz CT molecular complexity index is 1510. The van der Waals surface area contributed by atoms with Crippen molar-refractivity contribution in [2.75, 3.05) is 20.3 Å². The van der Waals surface area contributed by atoms with Gasteiger partial charge in [0.05, 0.1) is 17.9 Å². The van der Waals surface area contributed by atoms with E-state index in [1.54, 1.807) is 7.11 Å². The van der Waals surface area contributed by atoms with Crippen LogP contribution in [0.4, 0.5) is 0 Å². The van der Waals surface area contributed by atoms with E-state index in [9.17, 15) is 14.7 Å². The number of carbonyl (C=O) groups is 1. The van der Waals surface area contributed by atoms with Crippen LogP contribution in [0.25, 0.3) is 33.8 Å². The first kappa shape index (κ1) is 24.8. The monoisotopic (exact) mass is 502 g/mol. The van der Waals surface area contributed by atoms with Gasteiger partial charge in [0.25, 0.3) is 0 Å². The number of nitrogens with zero attached hydrogens (tertiary/aromatic N) is 2. The quantitative estimate of drug-likeness (QED) is 0.329. The van der Waals surface area contributed by atoms with Gasteiger partial charge in [-0.25, -0.2) is 9.78 Å². The Morgan fingerprint density at radius 2 is 1.95 bits per heavy atom. The fourth-order valence-electron chi connectivity index (χ4n) is 4.90. The Kier molecular flexibility index (Phi) is 6.37. The highest BCUT2D eigenvalue weighted by Gasteiger charge is 2.34. The Morgan fingerprint density at radius 1 is 1.16 bits per heavy atom. The number of fused-ring (bicyclic) bond motifs is 4. The lowest BCUT2D eigenvalue weighted by Gasteiger charge is -2.39. The van der Waals surface area contributed by atoms with Crippen LogP contribution < -0.4 is 10.2 Å². The highest BCUT2D eigenvalue weighted by Crippen LogP contribution is 2.46. The van der Waals surface area contributed by atoms with Gasteiger partial charge in [-0.3, -0.25) is 4.79 Å². The number of benzene rings is 2. The maximum Gasteiger partial charge on any atom is 0.341 e. The SMILES string of the molecule is COCCCOc1cc2c(cc1-c1nc3ccccc3o1)-c1cc(=O)c(C(=O)O)cn1[C@H](C(C)(C)C)C2. The van der Waals surface area contributed by atoms with E-state index in [4.69, 9.17) is 13.9 Å². The molecule has 0 aliphatic carbocycles. The lowest BCUT2D eigenvalue weighted by atomic mass is 9.78. The predicted molar refractivity (Wildman–Crippen MR) is 140 cm³/mol. The van der Waals surface area contributed by atoms with E-state index in [-0.39, 0.29) is 17.0 Å². The molecule has 0 amide bonds. The van der Waals surface area contributed by atoms with Gasteiger partial charge in [0.1, 0.15) is 16.8 Å². The van der Waals surface area contributed by atoms with E-state index < -0.39 is 11.4 Å². The summed E-state index contributed by atoms with van der Waals surface area (Å²) in [5.74, 6) is -0.169. The average molecular weight is 503 g/mol.